The normalized spacial score (nSPS) is 23.5. The van der Waals surface area contributed by atoms with Gasteiger partial charge in [0.1, 0.15) is 6.61 Å². The van der Waals surface area contributed by atoms with Gasteiger partial charge in [0, 0.05) is 23.6 Å². The molecule has 2 heterocycles. The van der Waals surface area contributed by atoms with Gasteiger partial charge in [0.25, 0.3) is 0 Å². The molecule has 2 atom stereocenters. The molecule has 4 nitrogen and oxygen atoms in total. The molecule has 1 amide bonds. The lowest BCUT2D eigenvalue weighted by Gasteiger charge is -2.37. The van der Waals surface area contributed by atoms with Crippen LogP contribution in [0.5, 0.6) is 0 Å². The Morgan fingerprint density at radius 1 is 0.844 bits per heavy atom. The van der Waals surface area contributed by atoms with E-state index in [9.17, 15) is 9.59 Å². The van der Waals surface area contributed by atoms with Crippen LogP contribution in [0.3, 0.4) is 0 Å². The number of hydrogen-bond donors (Lipinski definition) is 0. The van der Waals surface area contributed by atoms with Crippen molar-refractivity contribution in [3.63, 3.8) is 0 Å². The molecule has 6 rings (SSSR count). The first-order chi connectivity index (χ1) is 15.7. The van der Waals surface area contributed by atoms with Gasteiger partial charge in [0.15, 0.2) is 5.78 Å². The van der Waals surface area contributed by atoms with Gasteiger partial charge in [-0.2, -0.15) is 0 Å². The van der Waals surface area contributed by atoms with Gasteiger partial charge in [-0.25, -0.2) is 4.79 Å². The van der Waals surface area contributed by atoms with Crippen molar-refractivity contribution in [2.75, 3.05) is 0 Å². The minimum Gasteiger partial charge on any atom is -0.445 e. The van der Waals surface area contributed by atoms with Crippen molar-refractivity contribution >= 4 is 22.6 Å². The van der Waals surface area contributed by atoms with Crippen molar-refractivity contribution < 1.29 is 14.3 Å². The van der Waals surface area contributed by atoms with Crippen LogP contribution in [0.4, 0.5) is 4.79 Å². The summed E-state index contributed by atoms with van der Waals surface area (Å²) < 4.78 is 5.62. The number of ether oxygens (including phenoxy) is 1. The van der Waals surface area contributed by atoms with Crippen LogP contribution < -0.4 is 0 Å². The van der Waals surface area contributed by atoms with E-state index < -0.39 is 0 Å². The van der Waals surface area contributed by atoms with Gasteiger partial charge in [-0.15, -0.1) is 0 Å². The Morgan fingerprint density at radius 2 is 1.56 bits per heavy atom. The average molecular weight is 426 g/mol. The first kappa shape index (κ1) is 19.5. The van der Waals surface area contributed by atoms with E-state index in [1.807, 2.05) is 41.3 Å². The Labute approximate surface area is 188 Å². The molecule has 162 valence electrons. The molecular formula is C28H27NO3. The summed E-state index contributed by atoms with van der Waals surface area (Å²) in [6, 6.07) is 20.5. The van der Waals surface area contributed by atoms with Gasteiger partial charge >= 0.3 is 6.09 Å². The Hall–Kier alpha value is -3.14. The number of ketones is 1. The van der Waals surface area contributed by atoms with E-state index in [0.29, 0.717) is 6.61 Å². The molecule has 2 unspecified atom stereocenters. The smallest absolute Gasteiger partial charge is 0.410 e. The standard InChI is InChI=1S/C28H27NO3/c30-27(25-14-11-20-10-9-19-7-4-8-24(25)26(19)20)21-15-22-12-13-23(16-21)29(22)28(31)32-17-18-5-2-1-3-6-18/h1-8,11,14,21-23H,9-10,12-13,15-17H2. The molecule has 0 saturated carbocycles. The molecule has 2 aliphatic heterocycles. The van der Waals surface area contributed by atoms with Gasteiger partial charge in [0.05, 0.1) is 0 Å². The van der Waals surface area contributed by atoms with Crippen LogP contribution in [0.2, 0.25) is 0 Å². The molecule has 0 spiro atoms. The maximum absolute atomic E-state index is 13.6. The summed E-state index contributed by atoms with van der Waals surface area (Å²) in [5, 5.41) is 2.41. The lowest BCUT2D eigenvalue weighted by atomic mass is 9.83. The Kier molecular flexibility index (Phi) is 4.74. The Morgan fingerprint density at radius 3 is 2.31 bits per heavy atom. The van der Waals surface area contributed by atoms with Crippen molar-refractivity contribution in [1.29, 1.82) is 0 Å². The minimum atomic E-state index is -0.238. The van der Waals surface area contributed by atoms with Crippen LogP contribution in [0.25, 0.3) is 10.8 Å². The summed E-state index contributed by atoms with van der Waals surface area (Å²) in [6.45, 7) is 0.290. The van der Waals surface area contributed by atoms with Crippen LogP contribution in [0.1, 0.15) is 52.7 Å². The number of hydrogen-bond acceptors (Lipinski definition) is 3. The van der Waals surface area contributed by atoms with E-state index in [0.717, 1.165) is 55.0 Å². The molecule has 2 saturated heterocycles. The number of benzene rings is 3. The quantitative estimate of drug-likeness (QED) is 0.504. The summed E-state index contributed by atoms with van der Waals surface area (Å²) in [5.41, 5.74) is 4.58. The van der Waals surface area contributed by atoms with E-state index >= 15 is 0 Å². The molecule has 32 heavy (non-hydrogen) atoms. The first-order valence-electron chi connectivity index (χ1n) is 11.8. The fourth-order valence-electron chi connectivity index (χ4n) is 6.16. The Balaban J connectivity index is 1.19. The van der Waals surface area contributed by atoms with Crippen LogP contribution in [-0.2, 0) is 24.2 Å². The van der Waals surface area contributed by atoms with Crippen molar-refractivity contribution in [3.8, 4) is 0 Å². The molecule has 1 aliphatic carbocycles. The topological polar surface area (TPSA) is 46.6 Å². The zero-order valence-corrected chi connectivity index (χ0v) is 18.1. The molecule has 2 fully saturated rings. The molecule has 3 aromatic rings. The van der Waals surface area contributed by atoms with Crippen LogP contribution in [-0.4, -0.2) is 28.9 Å². The summed E-state index contributed by atoms with van der Waals surface area (Å²) in [6.07, 6.45) is 5.28. The number of nitrogens with zero attached hydrogens (tertiary/aromatic N) is 1. The maximum atomic E-state index is 13.6. The highest BCUT2D eigenvalue weighted by atomic mass is 16.6. The molecule has 2 bridgehead atoms. The SMILES string of the molecule is O=C(c1ccc2c3c(cccc13)CC2)C1CC2CCC(C1)N2C(=O)OCc1ccccc1. The lowest BCUT2D eigenvalue weighted by molar-refractivity contribution is 0.0485. The number of fused-ring (bicyclic) bond motifs is 2. The van der Waals surface area contributed by atoms with Crippen LogP contribution in [0.15, 0.2) is 60.7 Å². The summed E-state index contributed by atoms with van der Waals surface area (Å²) in [7, 11) is 0. The van der Waals surface area contributed by atoms with Gasteiger partial charge in [0.2, 0.25) is 0 Å². The van der Waals surface area contributed by atoms with Crippen molar-refractivity contribution in [2.45, 2.75) is 57.2 Å². The van der Waals surface area contributed by atoms with Crippen molar-refractivity contribution in [2.24, 2.45) is 5.92 Å². The molecule has 3 aliphatic rings. The average Bonchev–Trinajstić information content (AvgIpc) is 3.37. The molecule has 4 heteroatoms. The van der Waals surface area contributed by atoms with Gasteiger partial charge in [-0.1, -0.05) is 60.7 Å². The van der Waals surface area contributed by atoms with E-state index in [1.165, 1.54) is 16.5 Å². The Bertz CT molecular complexity index is 1180. The molecule has 0 N–H and O–H groups in total. The minimum absolute atomic E-state index is 0.0240. The third-order valence-electron chi connectivity index (χ3n) is 7.66. The summed E-state index contributed by atoms with van der Waals surface area (Å²) >= 11 is 0. The number of aryl methyl sites for hydroxylation is 2. The van der Waals surface area contributed by atoms with Crippen LogP contribution in [0, 0.1) is 5.92 Å². The fourth-order valence-corrected chi connectivity index (χ4v) is 6.16. The highest BCUT2D eigenvalue weighted by Crippen LogP contribution is 2.42. The zero-order valence-electron chi connectivity index (χ0n) is 18.1. The maximum Gasteiger partial charge on any atom is 0.410 e. The number of carbonyl (C=O) groups is 2. The molecule has 0 radical (unpaired) electrons. The van der Waals surface area contributed by atoms with Gasteiger partial charge in [-0.3, -0.25) is 4.79 Å². The number of Topliss-reactive ketones (excluding diaryl/α,β-unsaturated/α-hetero) is 1. The van der Waals surface area contributed by atoms with E-state index in [1.54, 1.807) is 0 Å². The predicted molar refractivity (Wildman–Crippen MR) is 124 cm³/mol. The summed E-state index contributed by atoms with van der Waals surface area (Å²) in [5.74, 6) is 0.221. The third kappa shape index (κ3) is 3.21. The lowest BCUT2D eigenvalue weighted by Crippen LogP contribution is -2.48. The highest BCUT2D eigenvalue weighted by molar-refractivity contribution is 6.11. The number of rotatable bonds is 4. The molecular weight excluding hydrogens is 398 g/mol. The third-order valence-corrected chi connectivity index (χ3v) is 7.66. The first-order valence-corrected chi connectivity index (χ1v) is 11.8. The molecule has 0 aromatic heterocycles. The second-order valence-electron chi connectivity index (χ2n) is 9.48. The second-order valence-corrected chi connectivity index (χ2v) is 9.48. The van der Waals surface area contributed by atoms with Gasteiger partial charge in [-0.05, 0) is 66.0 Å². The van der Waals surface area contributed by atoms with Gasteiger partial charge < -0.3 is 9.64 Å². The predicted octanol–water partition coefficient (Wildman–Crippen LogP) is 5.70. The fraction of sp³-hybridized carbons (Fsp3) is 0.357. The second kappa shape index (κ2) is 7.77. The van der Waals surface area contributed by atoms with Crippen molar-refractivity contribution in [1.82, 2.24) is 4.90 Å². The van der Waals surface area contributed by atoms with E-state index in [2.05, 4.69) is 24.3 Å². The number of amides is 1. The van der Waals surface area contributed by atoms with E-state index in [-0.39, 0.29) is 29.9 Å². The summed E-state index contributed by atoms with van der Waals surface area (Å²) in [4.78, 5) is 28.4. The highest BCUT2D eigenvalue weighted by Gasteiger charge is 2.46. The van der Waals surface area contributed by atoms with Crippen LogP contribution >= 0.6 is 0 Å². The monoisotopic (exact) mass is 425 g/mol. The largest absolute Gasteiger partial charge is 0.445 e. The van der Waals surface area contributed by atoms with Crippen molar-refractivity contribution in [3.05, 3.63) is 82.9 Å². The number of piperidine rings is 1. The molecule has 3 aromatic carbocycles. The number of carbonyl (C=O) groups excluding carboxylic acids is 2. The zero-order chi connectivity index (χ0) is 21.7. The van der Waals surface area contributed by atoms with E-state index in [4.69, 9.17) is 4.74 Å².